The minimum atomic E-state index is -0.00148. The van der Waals surface area contributed by atoms with Crippen molar-refractivity contribution in [1.29, 1.82) is 0 Å². The molecule has 3 rings (SSSR count). The van der Waals surface area contributed by atoms with Crippen LogP contribution in [0, 0.1) is 5.92 Å². The van der Waals surface area contributed by atoms with E-state index >= 15 is 0 Å². The van der Waals surface area contributed by atoms with Crippen LogP contribution in [0.15, 0.2) is 35.3 Å². The first-order valence-electron chi connectivity index (χ1n) is 11.1. The van der Waals surface area contributed by atoms with Crippen molar-refractivity contribution in [3.63, 3.8) is 0 Å². The van der Waals surface area contributed by atoms with Crippen LogP contribution in [-0.4, -0.2) is 58.1 Å². The SMILES string of the molecule is CN=C(NCCCOCC1CC1)NCC1(NC(C)c2ccccc2)CCOCC1. The van der Waals surface area contributed by atoms with Crippen molar-refractivity contribution in [2.45, 2.75) is 50.6 Å². The van der Waals surface area contributed by atoms with E-state index in [9.17, 15) is 0 Å². The second kappa shape index (κ2) is 11.5. The molecular weight excluding hydrogens is 364 g/mol. The Kier molecular flexibility index (Phi) is 8.77. The highest BCUT2D eigenvalue weighted by Gasteiger charge is 2.34. The number of aliphatic imine (C=N–C) groups is 1. The number of guanidine groups is 1. The van der Waals surface area contributed by atoms with Crippen LogP contribution >= 0.6 is 0 Å². The molecule has 1 aliphatic carbocycles. The molecule has 1 saturated carbocycles. The minimum Gasteiger partial charge on any atom is -0.381 e. The molecule has 1 saturated heterocycles. The molecule has 0 radical (unpaired) electrons. The van der Waals surface area contributed by atoms with Gasteiger partial charge in [0.15, 0.2) is 5.96 Å². The lowest BCUT2D eigenvalue weighted by Gasteiger charge is -2.41. The average Bonchev–Trinajstić information content (AvgIpc) is 3.58. The molecule has 1 aromatic carbocycles. The lowest BCUT2D eigenvalue weighted by molar-refractivity contribution is 0.0355. The van der Waals surface area contributed by atoms with Gasteiger partial charge in [0.1, 0.15) is 0 Å². The molecule has 1 unspecified atom stereocenters. The van der Waals surface area contributed by atoms with E-state index < -0.39 is 0 Å². The van der Waals surface area contributed by atoms with Crippen LogP contribution in [0.3, 0.4) is 0 Å². The van der Waals surface area contributed by atoms with Crippen LogP contribution < -0.4 is 16.0 Å². The summed E-state index contributed by atoms with van der Waals surface area (Å²) in [6.07, 6.45) is 5.67. The Morgan fingerprint density at radius 3 is 2.66 bits per heavy atom. The molecule has 1 atom stereocenters. The fourth-order valence-electron chi connectivity index (χ4n) is 3.81. The van der Waals surface area contributed by atoms with Crippen LogP contribution in [0.1, 0.15) is 50.6 Å². The van der Waals surface area contributed by atoms with Crippen molar-refractivity contribution in [3.05, 3.63) is 35.9 Å². The van der Waals surface area contributed by atoms with Gasteiger partial charge in [0.2, 0.25) is 0 Å². The third kappa shape index (κ3) is 7.61. The first-order chi connectivity index (χ1) is 14.2. The predicted molar refractivity (Wildman–Crippen MR) is 118 cm³/mol. The van der Waals surface area contributed by atoms with E-state index in [1.165, 1.54) is 18.4 Å². The molecule has 162 valence electrons. The van der Waals surface area contributed by atoms with Crippen LogP contribution in [0.4, 0.5) is 0 Å². The van der Waals surface area contributed by atoms with Crippen molar-refractivity contribution in [2.24, 2.45) is 10.9 Å². The normalized spacial score (nSPS) is 20.3. The first kappa shape index (κ1) is 22.1. The van der Waals surface area contributed by atoms with Gasteiger partial charge in [-0.1, -0.05) is 30.3 Å². The predicted octanol–water partition coefficient (Wildman–Crippen LogP) is 2.87. The fraction of sp³-hybridized carbons (Fsp3) is 0.696. The summed E-state index contributed by atoms with van der Waals surface area (Å²) in [6, 6.07) is 10.9. The maximum atomic E-state index is 5.71. The van der Waals surface area contributed by atoms with Crippen LogP contribution in [-0.2, 0) is 9.47 Å². The van der Waals surface area contributed by atoms with Crippen molar-refractivity contribution in [3.8, 4) is 0 Å². The number of nitrogens with one attached hydrogen (secondary N) is 3. The van der Waals surface area contributed by atoms with Gasteiger partial charge < -0.3 is 25.4 Å². The summed E-state index contributed by atoms with van der Waals surface area (Å²) < 4.78 is 11.3. The number of ether oxygens (including phenoxy) is 2. The van der Waals surface area contributed by atoms with Gasteiger partial charge in [-0.2, -0.15) is 0 Å². The maximum absolute atomic E-state index is 5.71. The zero-order valence-corrected chi connectivity index (χ0v) is 18.1. The summed E-state index contributed by atoms with van der Waals surface area (Å²) in [5, 5.41) is 10.8. The lowest BCUT2D eigenvalue weighted by Crippen LogP contribution is -2.58. The van der Waals surface area contributed by atoms with Gasteiger partial charge in [0, 0.05) is 58.1 Å². The van der Waals surface area contributed by atoms with Crippen LogP contribution in [0.2, 0.25) is 0 Å². The largest absolute Gasteiger partial charge is 0.381 e. The molecule has 3 N–H and O–H groups in total. The van der Waals surface area contributed by atoms with Gasteiger partial charge in [-0.05, 0) is 50.5 Å². The number of hydrogen-bond acceptors (Lipinski definition) is 4. The van der Waals surface area contributed by atoms with E-state index in [1.807, 2.05) is 7.05 Å². The van der Waals surface area contributed by atoms with Gasteiger partial charge in [0.25, 0.3) is 0 Å². The Morgan fingerprint density at radius 1 is 1.21 bits per heavy atom. The van der Waals surface area contributed by atoms with E-state index in [-0.39, 0.29) is 11.6 Å². The van der Waals surface area contributed by atoms with Crippen molar-refractivity contribution >= 4 is 5.96 Å². The zero-order chi connectivity index (χ0) is 20.4. The second-order valence-corrected chi connectivity index (χ2v) is 8.39. The molecule has 0 spiro atoms. The van der Waals surface area contributed by atoms with E-state index in [2.05, 4.69) is 58.2 Å². The summed E-state index contributed by atoms with van der Waals surface area (Å²) in [5.41, 5.74) is 1.31. The molecule has 1 aromatic rings. The Morgan fingerprint density at radius 2 is 1.97 bits per heavy atom. The second-order valence-electron chi connectivity index (χ2n) is 8.39. The highest BCUT2D eigenvalue weighted by Crippen LogP contribution is 2.28. The molecule has 6 nitrogen and oxygen atoms in total. The monoisotopic (exact) mass is 402 g/mol. The van der Waals surface area contributed by atoms with E-state index in [0.717, 1.165) is 70.7 Å². The molecule has 2 aliphatic rings. The summed E-state index contributed by atoms with van der Waals surface area (Å²) in [4.78, 5) is 4.39. The van der Waals surface area contributed by atoms with Gasteiger partial charge >= 0.3 is 0 Å². The summed E-state index contributed by atoms with van der Waals surface area (Å²) in [5.74, 6) is 1.69. The highest BCUT2D eigenvalue weighted by molar-refractivity contribution is 5.79. The molecule has 6 heteroatoms. The third-order valence-electron chi connectivity index (χ3n) is 5.90. The van der Waals surface area contributed by atoms with Crippen LogP contribution in [0.5, 0.6) is 0 Å². The molecule has 1 aliphatic heterocycles. The molecule has 0 bridgehead atoms. The molecule has 2 fully saturated rings. The quantitative estimate of drug-likeness (QED) is 0.302. The Bertz CT molecular complexity index is 613. The van der Waals surface area contributed by atoms with E-state index in [4.69, 9.17) is 9.47 Å². The molecule has 29 heavy (non-hydrogen) atoms. The highest BCUT2D eigenvalue weighted by atomic mass is 16.5. The minimum absolute atomic E-state index is 0.00148. The number of hydrogen-bond donors (Lipinski definition) is 3. The lowest BCUT2D eigenvalue weighted by atomic mass is 9.88. The molecule has 0 amide bonds. The number of nitrogens with zero attached hydrogens (tertiary/aromatic N) is 1. The smallest absolute Gasteiger partial charge is 0.191 e. The third-order valence-corrected chi connectivity index (χ3v) is 5.90. The van der Waals surface area contributed by atoms with Crippen molar-refractivity contribution in [1.82, 2.24) is 16.0 Å². The van der Waals surface area contributed by atoms with Gasteiger partial charge in [0.05, 0.1) is 0 Å². The average molecular weight is 403 g/mol. The number of rotatable bonds is 11. The number of benzene rings is 1. The molecular formula is C23H38N4O2. The Hall–Kier alpha value is -1.63. The summed E-state index contributed by atoms with van der Waals surface area (Å²) in [7, 11) is 1.83. The summed E-state index contributed by atoms with van der Waals surface area (Å²) in [6.45, 7) is 7.27. The van der Waals surface area contributed by atoms with Crippen molar-refractivity contribution < 1.29 is 9.47 Å². The van der Waals surface area contributed by atoms with Gasteiger partial charge in [-0.15, -0.1) is 0 Å². The maximum Gasteiger partial charge on any atom is 0.191 e. The Labute approximate surface area is 175 Å². The van der Waals surface area contributed by atoms with E-state index in [0.29, 0.717) is 0 Å². The van der Waals surface area contributed by atoms with Gasteiger partial charge in [-0.25, -0.2) is 0 Å². The van der Waals surface area contributed by atoms with Gasteiger partial charge in [-0.3, -0.25) is 4.99 Å². The standard InChI is InChI=1S/C23H38N4O2/c1-19(21-7-4-3-5-8-21)27-23(11-15-28-16-12-23)18-26-22(24-2)25-13-6-14-29-17-20-9-10-20/h3-5,7-8,19-20,27H,6,9-18H2,1-2H3,(H2,24,25,26). The van der Waals surface area contributed by atoms with Crippen LogP contribution in [0.25, 0.3) is 0 Å². The Balaban J connectivity index is 1.44. The topological polar surface area (TPSA) is 66.9 Å². The first-order valence-corrected chi connectivity index (χ1v) is 11.1. The van der Waals surface area contributed by atoms with Crippen molar-refractivity contribution in [2.75, 3.05) is 46.6 Å². The zero-order valence-electron chi connectivity index (χ0n) is 18.1. The molecule has 0 aromatic heterocycles. The fourth-order valence-corrected chi connectivity index (χ4v) is 3.81. The van der Waals surface area contributed by atoms with E-state index in [1.54, 1.807) is 0 Å². The molecule has 1 heterocycles. The summed E-state index contributed by atoms with van der Waals surface area (Å²) >= 11 is 0.